The summed E-state index contributed by atoms with van der Waals surface area (Å²) in [4.78, 5) is 16.0. The van der Waals surface area contributed by atoms with Crippen molar-refractivity contribution in [1.82, 2.24) is 9.47 Å². The Kier molecular flexibility index (Phi) is 6.49. The monoisotopic (exact) mass is 436 g/mol. The first-order valence-corrected chi connectivity index (χ1v) is 10.8. The third-order valence-corrected chi connectivity index (χ3v) is 6.08. The molecule has 0 amide bonds. The first kappa shape index (κ1) is 21.9. The molecule has 32 heavy (non-hydrogen) atoms. The fourth-order valence-corrected chi connectivity index (χ4v) is 4.40. The molecule has 0 unspecified atom stereocenters. The van der Waals surface area contributed by atoms with Crippen LogP contribution in [0.5, 0.6) is 11.5 Å². The number of methoxy groups -OCH3 is 1. The Morgan fingerprint density at radius 1 is 1.25 bits per heavy atom. The summed E-state index contributed by atoms with van der Waals surface area (Å²) in [5.41, 5.74) is 8.14. The molecular weight excluding hydrogens is 408 g/mol. The summed E-state index contributed by atoms with van der Waals surface area (Å²) in [6, 6.07) is 11.3. The van der Waals surface area contributed by atoms with Gasteiger partial charge in [0.25, 0.3) is 5.56 Å². The zero-order chi connectivity index (χ0) is 22.7. The minimum Gasteiger partial charge on any atom is -0.497 e. The molecule has 1 aromatic heterocycles. The summed E-state index contributed by atoms with van der Waals surface area (Å²) in [5.74, 6) is 0.458. The van der Waals surface area contributed by atoms with Crippen LogP contribution in [0.25, 0.3) is 0 Å². The van der Waals surface area contributed by atoms with E-state index >= 15 is 0 Å². The summed E-state index contributed by atoms with van der Waals surface area (Å²) >= 11 is 0. The molecule has 1 aromatic carbocycles. The predicted molar refractivity (Wildman–Crippen MR) is 120 cm³/mol. The van der Waals surface area contributed by atoms with Crippen LogP contribution in [0.4, 0.5) is 0 Å². The van der Waals surface area contributed by atoms with E-state index in [4.69, 9.17) is 19.9 Å². The Bertz CT molecular complexity index is 1130. The van der Waals surface area contributed by atoms with Gasteiger partial charge in [-0.2, -0.15) is 5.26 Å². The third-order valence-electron chi connectivity index (χ3n) is 6.08. The van der Waals surface area contributed by atoms with Crippen LogP contribution in [-0.2, 0) is 11.3 Å². The zero-order valence-corrected chi connectivity index (χ0v) is 18.5. The fourth-order valence-electron chi connectivity index (χ4n) is 4.40. The van der Waals surface area contributed by atoms with Crippen molar-refractivity contribution in [3.63, 3.8) is 0 Å². The largest absolute Gasteiger partial charge is 0.497 e. The summed E-state index contributed by atoms with van der Waals surface area (Å²) < 4.78 is 18.3. The van der Waals surface area contributed by atoms with E-state index in [2.05, 4.69) is 11.0 Å². The van der Waals surface area contributed by atoms with Gasteiger partial charge in [-0.1, -0.05) is 12.1 Å². The number of aryl methyl sites for hydroxylation is 1. The lowest BCUT2D eigenvalue weighted by atomic mass is 9.84. The Labute approximate surface area is 187 Å². The second-order valence-corrected chi connectivity index (χ2v) is 8.03. The van der Waals surface area contributed by atoms with Crippen LogP contribution in [0.15, 0.2) is 46.6 Å². The van der Waals surface area contributed by atoms with Crippen LogP contribution in [0.3, 0.4) is 0 Å². The van der Waals surface area contributed by atoms with Crippen molar-refractivity contribution in [3.8, 4) is 17.6 Å². The Balaban J connectivity index is 1.71. The van der Waals surface area contributed by atoms with Crippen LogP contribution >= 0.6 is 0 Å². The Hall–Kier alpha value is -3.28. The molecule has 4 rings (SSSR count). The molecule has 168 valence electrons. The zero-order valence-electron chi connectivity index (χ0n) is 18.5. The summed E-state index contributed by atoms with van der Waals surface area (Å²) in [6.07, 6.45) is 0.841. The molecule has 0 spiro atoms. The van der Waals surface area contributed by atoms with Gasteiger partial charge in [0.15, 0.2) is 0 Å². The van der Waals surface area contributed by atoms with Crippen molar-refractivity contribution in [1.29, 1.82) is 5.26 Å². The molecule has 8 nitrogen and oxygen atoms in total. The molecule has 8 heteroatoms. The van der Waals surface area contributed by atoms with Crippen molar-refractivity contribution in [2.75, 3.05) is 40.0 Å². The average Bonchev–Trinajstić information content (AvgIpc) is 2.81. The molecule has 2 aromatic rings. The molecular formula is C24H28N4O4. The van der Waals surface area contributed by atoms with Crippen LogP contribution in [0, 0.1) is 18.3 Å². The Morgan fingerprint density at radius 3 is 2.75 bits per heavy atom. The van der Waals surface area contributed by atoms with Crippen molar-refractivity contribution in [2.24, 2.45) is 5.73 Å². The van der Waals surface area contributed by atoms with Gasteiger partial charge in [-0.15, -0.1) is 0 Å². The van der Waals surface area contributed by atoms with Gasteiger partial charge in [-0.05, 0) is 31.0 Å². The average molecular weight is 437 g/mol. The number of rotatable bonds is 6. The first-order chi connectivity index (χ1) is 15.5. The smallest absolute Gasteiger partial charge is 0.258 e. The normalized spacial score (nSPS) is 18.6. The van der Waals surface area contributed by atoms with Gasteiger partial charge < -0.3 is 24.5 Å². The second-order valence-electron chi connectivity index (χ2n) is 8.03. The molecule has 2 N–H and O–H groups in total. The van der Waals surface area contributed by atoms with Gasteiger partial charge >= 0.3 is 0 Å². The summed E-state index contributed by atoms with van der Waals surface area (Å²) in [5, 5.41) is 9.82. The molecule has 2 aliphatic heterocycles. The number of aromatic nitrogens is 1. The molecule has 0 saturated carbocycles. The highest BCUT2D eigenvalue weighted by Gasteiger charge is 2.34. The first-order valence-electron chi connectivity index (χ1n) is 10.8. The number of allylic oxidation sites excluding steroid dienone is 1. The number of nitriles is 1. The number of nitrogens with two attached hydrogens (primary N) is 1. The fraction of sp³-hybridized carbons (Fsp3) is 0.417. The van der Waals surface area contributed by atoms with E-state index in [0.717, 1.165) is 50.5 Å². The van der Waals surface area contributed by atoms with E-state index in [1.54, 1.807) is 11.7 Å². The molecule has 1 fully saturated rings. The molecule has 0 aliphatic carbocycles. The van der Waals surface area contributed by atoms with E-state index in [0.29, 0.717) is 23.6 Å². The van der Waals surface area contributed by atoms with E-state index < -0.39 is 5.92 Å². The minimum absolute atomic E-state index is 0.0247. The lowest BCUT2D eigenvalue weighted by Crippen LogP contribution is -2.38. The van der Waals surface area contributed by atoms with Crippen LogP contribution < -0.4 is 20.8 Å². The number of morpholine rings is 1. The highest BCUT2D eigenvalue weighted by atomic mass is 16.5. The number of ether oxygens (including phenoxy) is 3. The van der Waals surface area contributed by atoms with E-state index in [9.17, 15) is 10.1 Å². The number of nitrogens with zero attached hydrogens (tertiary/aromatic N) is 3. The SMILES string of the molecule is COc1cccc([C@@H]2C(C#N)=C(N)Oc3cc(C)n(CCCN4CCOCC4)c(=O)c32)c1. The van der Waals surface area contributed by atoms with Crippen molar-refractivity contribution >= 4 is 0 Å². The lowest BCUT2D eigenvalue weighted by molar-refractivity contribution is 0.0369. The quantitative estimate of drug-likeness (QED) is 0.740. The summed E-state index contributed by atoms with van der Waals surface area (Å²) in [6.45, 7) is 6.71. The highest BCUT2D eigenvalue weighted by molar-refractivity contribution is 5.56. The van der Waals surface area contributed by atoms with Gasteiger partial charge in [0, 0.05) is 37.9 Å². The Morgan fingerprint density at radius 2 is 2.03 bits per heavy atom. The topological polar surface area (TPSA) is 103 Å². The van der Waals surface area contributed by atoms with Crippen molar-refractivity contribution in [2.45, 2.75) is 25.8 Å². The van der Waals surface area contributed by atoms with Crippen molar-refractivity contribution < 1.29 is 14.2 Å². The van der Waals surface area contributed by atoms with Crippen LogP contribution in [0.2, 0.25) is 0 Å². The molecule has 2 aliphatic rings. The van der Waals surface area contributed by atoms with Gasteiger partial charge in [-0.25, -0.2) is 0 Å². The molecule has 3 heterocycles. The molecule has 0 bridgehead atoms. The maximum Gasteiger partial charge on any atom is 0.258 e. The van der Waals surface area contributed by atoms with Gasteiger partial charge in [0.1, 0.15) is 23.1 Å². The van der Waals surface area contributed by atoms with Crippen molar-refractivity contribution in [3.05, 3.63) is 69.0 Å². The number of pyridine rings is 1. The predicted octanol–water partition coefficient (Wildman–Crippen LogP) is 2.11. The lowest BCUT2D eigenvalue weighted by Gasteiger charge is -2.28. The summed E-state index contributed by atoms with van der Waals surface area (Å²) in [7, 11) is 1.58. The maximum absolute atomic E-state index is 13.7. The number of fused-ring (bicyclic) bond motifs is 1. The molecule has 0 radical (unpaired) electrons. The van der Waals surface area contributed by atoms with Gasteiger partial charge in [0.05, 0.1) is 31.8 Å². The van der Waals surface area contributed by atoms with E-state index in [1.807, 2.05) is 37.3 Å². The minimum atomic E-state index is -0.613. The standard InChI is InChI=1S/C24H28N4O4/c1-16-13-20-22(24(29)28(16)8-4-7-27-9-11-31-12-10-27)21(19(15-25)23(26)32-20)17-5-3-6-18(14-17)30-2/h3,5-6,13-14,21H,4,7-12,26H2,1-2H3/t21-/m1/s1. The molecule has 1 atom stereocenters. The highest BCUT2D eigenvalue weighted by Crippen LogP contribution is 2.41. The number of hydrogen-bond acceptors (Lipinski definition) is 7. The number of hydrogen-bond donors (Lipinski definition) is 1. The van der Waals surface area contributed by atoms with Gasteiger partial charge in [0.2, 0.25) is 5.88 Å². The van der Waals surface area contributed by atoms with Gasteiger partial charge in [-0.3, -0.25) is 9.69 Å². The van der Waals surface area contributed by atoms with Crippen LogP contribution in [-0.4, -0.2) is 49.4 Å². The second kappa shape index (κ2) is 9.47. The maximum atomic E-state index is 13.7. The third kappa shape index (κ3) is 4.22. The number of benzene rings is 1. The molecule has 1 saturated heterocycles. The van der Waals surface area contributed by atoms with E-state index in [-0.39, 0.29) is 17.0 Å². The van der Waals surface area contributed by atoms with Crippen LogP contribution in [0.1, 0.15) is 29.2 Å². The van der Waals surface area contributed by atoms with E-state index in [1.165, 1.54) is 0 Å².